The van der Waals surface area contributed by atoms with Crippen LogP contribution in [0.5, 0.6) is 0 Å². The van der Waals surface area contributed by atoms with Crippen LogP contribution in [0.25, 0.3) is 0 Å². The van der Waals surface area contributed by atoms with Crippen molar-refractivity contribution in [3.05, 3.63) is 0 Å². The van der Waals surface area contributed by atoms with Gasteiger partial charge < -0.3 is 5.32 Å². The van der Waals surface area contributed by atoms with Crippen LogP contribution >= 0.6 is 11.6 Å². The lowest BCUT2D eigenvalue weighted by atomic mass is 10.1. The van der Waals surface area contributed by atoms with Crippen molar-refractivity contribution in [3.8, 4) is 0 Å². The molecule has 0 aromatic heterocycles. The molecule has 0 heterocycles. The van der Waals surface area contributed by atoms with Crippen molar-refractivity contribution in [1.29, 1.82) is 0 Å². The van der Waals surface area contributed by atoms with Crippen molar-refractivity contribution in [2.45, 2.75) is 50.8 Å². The molecule has 1 aliphatic carbocycles. The maximum Gasteiger partial charge on any atom is 0.156 e. The molecule has 0 spiro atoms. The van der Waals surface area contributed by atoms with Gasteiger partial charge in [-0.05, 0) is 39.5 Å². The summed E-state index contributed by atoms with van der Waals surface area (Å²) in [4.78, 5) is 0. The van der Waals surface area contributed by atoms with Crippen LogP contribution in [0, 0.1) is 5.92 Å². The Bertz CT molecular complexity index is 335. The summed E-state index contributed by atoms with van der Waals surface area (Å²) in [6.07, 6.45) is 3.47. The third kappa shape index (κ3) is 4.11. The van der Waals surface area contributed by atoms with Gasteiger partial charge in [-0.2, -0.15) is 0 Å². The zero-order chi connectivity index (χ0) is 13.1. The summed E-state index contributed by atoms with van der Waals surface area (Å²) < 4.78 is 23.2. The molecule has 0 bridgehead atoms. The van der Waals surface area contributed by atoms with Crippen LogP contribution in [0.4, 0.5) is 0 Å². The fourth-order valence-corrected chi connectivity index (χ4v) is 3.54. The Hall–Kier alpha value is 0.200. The highest BCUT2D eigenvalue weighted by Gasteiger charge is 2.30. The fourth-order valence-electron chi connectivity index (χ4n) is 2.18. The summed E-state index contributed by atoms with van der Waals surface area (Å²) in [6, 6.07) is 0.405. The molecule has 1 fully saturated rings. The lowest BCUT2D eigenvalue weighted by Gasteiger charge is -2.22. The minimum atomic E-state index is -3.01. The average molecular weight is 282 g/mol. The Labute approximate surface area is 110 Å². The molecule has 1 N–H and O–H groups in total. The molecule has 0 aliphatic heterocycles. The van der Waals surface area contributed by atoms with Crippen LogP contribution in [0.15, 0.2) is 0 Å². The standard InChI is InChI=1S/C12H24ClNO2S/c1-12(2,3)17(15,16)8-7-14-11-6-4-5-10(11)9-13/h10-11,14H,4-9H2,1-3H3. The maximum absolute atomic E-state index is 11.9. The number of halogens is 1. The van der Waals surface area contributed by atoms with E-state index in [1.54, 1.807) is 20.8 Å². The molecule has 0 amide bonds. The number of nitrogens with one attached hydrogen (secondary N) is 1. The maximum atomic E-state index is 11.9. The van der Waals surface area contributed by atoms with Crippen LogP contribution in [0.2, 0.25) is 0 Å². The number of rotatable bonds is 5. The van der Waals surface area contributed by atoms with Gasteiger partial charge >= 0.3 is 0 Å². The molecule has 17 heavy (non-hydrogen) atoms. The predicted octanol–water partition coefficient (Wildman–Crippen LogP) is 2.20. The zero-order valence-corrected chi connectivity index (χ0v) is 12.6. The number of hydrogen-bond donors (Lipinski definition) is 1. The van der Waals surface area contributed by atoms with E-state index in [1.807, 2.05) is 0 Å². The van der Waals surface area contributed by atoms with Crippen molar-refractivity contribution in [1.82, 2.24) is 5.32 Å². The van der Waals surface area contributed by atoms with Crippen LogP contribution in [0.3, 0.4) is 0 Å². The SMILES string of the molecule is CC(C)(C)S(=O)(=O)CCNC1CCCC1CCl. The van der Waals surface area contributed by atoms with Crippen molar-refractivity contribution < 1.29 is 8.42 Å². The Morgan fingerprint density at radius 2 is 1.94 bits per heavy atom. The van der Waals surface area contributed by atoms with Gasteiger partial charge in [-0.3, -0.25) is 0 Å². The van der Waals surface area contributed by atoms with Gasteiger partial charge in [0.2, 0.25) is 0 Å². The number of sulfone groups is 1. The third-order valence-corrected chi connectivity index (χ3v) is 6.57. The van der Waals surface area contributed by atoms with E-state index < -0.39 is 14.6 Å². The number of hydrogen-bond acceptors (Lipinski definition) is 3. The highest BCUT2D eigenvalue weighted by Crippen LogP contribution is 2.26. The summed E-state index contributed by atoms with van der Waals surface area (Å²) in [5.74, 6) is 1.39. The summed E-state index contributed by atoms with van der Waals surface area (Å²) in [7, 11) is -3.01. The average Bonchev–Trinajstić information content (AvgIpc) is 2.63. The molecule has 1 rings (SSSR count). The molecule has 0 saturated heterocycles. The first-order valence-corrected chi connectivity index (χ1v) is 8.48. The Morgan fingerprint density at radius 1 is 1.29 bits per heavy atom. The summed E-state index contributed by atoms with van der Waals surface area (Å²) in [5, 5.41) is 3.35. The summed E-state index contributed by atoms with van der Waals surface area (Å²) >= 11 is 5.89. The van der Waals surface area contributed by atoms with Crippen molar-refractivity contribution in [3.63, 3.8) is 0 Å². The molecule has 0 aromatic rings. The summed E-state index contributed by atoms with van der Waals surface area (Å²) in [5.41, 5.74) is 0. The smallest absolute Gasteiger partial charge is 0.156 e. The van der Waals surface area contributed by atoms with Crippen LogP contribution in [-0.4, -0.2) is 37.4 Å². The molecule has 2 atom stereocenters. The molecule has 102 valence electrons. The summed E-state index contributed by atoms with van der Waals surface area (Å²) in [6.45, 7) is 5.79. The second-order valence-electron chi connectivity index (χ2n) is 5.84. The van der Waals surface area contributed by atoms with E-state index in [-0.39, 0.29) is 5.75 Å². The molecular weight excluding hydrogens is 258 g/mol. The van der Waals surface area contributed by atoms with Crippen molar-refractivity contribution in [2.75, 3.05) is 18.2 Å². The molecule has 2 unspecified atom stereocenters. The van der Waals surface area contributed by atoms with Gasteiger partial charge in [-0.1, -0.05) is 6.42 Å². The van der Waals surface area contributed by atoms with Crippen molar-refractivity contribution >= 4 is 21.4 Å². The van der Waals surface area contributed by atoms with Crippen LogP contribution < -0.4 is 5.32 Å². The van der Waals surface area contributed by atoms with Crippen LogP contribution in [0.1, 0.15) is 40.0 Å². The molecular formula is C12H24ClNO2S. The second kappa shape index (κ2) is 5.89. The van der Waals surface area contributed by atoms with Gasteiger partial charge in [-0.15, -0.1) is 11.6 Å². The topological polar surface area (TPSA) is 46.2 Å². The van der Waals surface area contributed by atoms with Crippen molar-refractivity contribution in [2.24, 2.45) is 5.92 Å². The van der Waals surface area contributed by atoms with E-state index in [4.69, 9.17) is 11.6 Å². The molecule has 1 saturated carbocycles. The van der Waals surface area contributed by atoms with Crippen LogP contribution in [-0.2, 0) is 9.84 Å². The van der Waals surface area contributed by atoms with E-state index in [0.717, 1.165) is 12.8 Å². The second-order valence-corrected chi connectivity index (χ2v) is 9.01. The zero-order valence-electron chi connectivity index (χ0n) is 11.0. The largest absolute Gasteiger partial charge is 0.313 e. The first-order chi connectivity index (χ1) is 7.78. The normalized spacial score (nSPS) is 26.4. The van der Waals surface area contributed by atoms with E-state index in [9.17, 15) is 8.42 Å². The predicted molar refractivity (Wildman–Crippen MR) is 73.4 cm³/mol. The molecule has 3 nitrogen and oxygen atoms in total. The fraction of sp³-hybridized carbons (Fsp3) is 1.00. The van der Waals surface area contributed by atoms with Gasteiger partial charge in [0, 0.05) is 18.5 Å². The Morgan fingerprint density at radius 3 is 2.47 bits per heavy atom. The van der Waals surface area contributed by atoms with Gasteiger partial charge in [0.15, 0.2) is 9.84 Å². The van der Waals surface area contributed by atoms with Gasteiger partial charge in [0.1, 0.15) is 0 Å². The van der Waals surface area contributed by atoms with E-state index >= 15 is 0 Å². The highest BCUT2D eigenvalue weighted by atomic mass is 35.5. The first kappa shape index (κ1) is 15.3. The minimum absolute atomic E-state index is 0.210. The Kier molecular flexibility index (Phi) is 5.29. The van der Waals surface area contributed by atoms with E-state index in [2.05, 4.69) is 5.32 Å². The minimum Gasteiger partial charge on any atom is -0.313 e. The van der Waals surface area contributed by atoms with E-state index in [1.165, 1.54) is 6.42 Å². The lowest BCUT2D eigenvalue weighted by molar-refractivity contribution is 0.439. The van der Waals surface area contributed by atoms with Gasteiger partial charge in [0.25, 0.3) is 0 Å². The molecule has 0 aromatic carbocycles. The number of alkyl halides is 1. The monoisotopic (exact) mass is 281 g/mol. The molecule has 0 radical (unpaired) electrons. The lowest BCUT2D eigenvalue weighted by Crippen LogP contribution is -2.39. The van der Waals surface area contributed by atoms with Gasteiger partial charge in [-0.25, -0.2) is 8.42 Å². The Balaban J connectivity index is 2.38. The quantitative estimate of drug-likeness (QED) is 0.786. The molecule has 1 aliphatic rings. The van der Waals surface area contributed by atoms with E-state index in [0.29, 0.717) is 24.4 Å². The van der Waals surface area contributed by atoms with Gasteiger partial charge in [0.05, 0.1) is 10.5 Å². The highest BCUT2D eigenvalue weighted by molar-refractivity contribution is 7.92. The third-order valence-electron chi connectivity index (χ3n) is 3.57. The molecule has 5 heteroatoms. The first-order valence-electron chi connectivity index (χ1n) is 6.29.